The van der Waals surface area contributed by atoms with Gasteiger partial charge >= 0.3 is 0 Å². The lowest BCUT2D eigenvalue weighted by Crippen LogP contribution is -2.41. The molecule has 0 unspecified atom stereocenters. The van der Waals surface area contributed by atoms with Crippen LogP contribution in [0.3, 0.4) is 0 Å². The molecule has 5 nitrogen and oxygen atoms in total. The molecule has 7 heteroatoms. The van der Waals surface area contributed by atoms with Crippen LogP contribution in [0.1, 0.15) is 35.2 Å². The molecule has 1 N–H and O–H groups in total. The monoisotopic (exact) mass is 499 g/mol. The van der Waals surface area contributed by atoms with E-state index in [-0.39, 0.29) is 11.8 Å². The van der Waals surface area contributed by atoms with E-state index in [2.05, 4.69) is 5.32 Å². The molecule has 1 fully saturated rings. The van der Waals surface area contributed by atoms with E-state index in [1.54, 1.807) is 23.5 Å². The van der Waals surface area contributed by atoms with Gasteiger partial charge in [0.05, 0.1) is 15.1 Å². The fourth-order valence-electron chi connectivity index (χ4n) is 4.06. The molecule has 35 heavy (non-hydrogen) atoms. The van der Waals surface area contributed by atoms with Gasteiger partial charge in [-0.05, 0) is 49.1 Å². The highest BCUT2D eigenvalue weighted by molar-refractivity contribution is 8.09. The molecule has 1 aromatic heterocycles. The molecule has 3 aromatic carbocycles. The highest BCUT2D eigenvalue weighted by Gasteiger charge is 2.27. The number of benzene rings is 3. The van der Waals surface area contributed by atoms with E-state index in [0.29, 0.717) is 29.3 Å². The molecule has 1 aliphatic rings. The highest BCUT2D eigenvalue weighted by atomic mass is 32.2. The van der Waals surface area contributed by atoms with E-state index in [0.717, 1.165) is 39.4 Å². The maximum absolute atomic E-state index is 13.9. The van der Waals surface area contributed by atoms with Crippen molar-refractivity contribution in [1.82, 2.24) is 15.2 Å². The summed E-state index contributed by atoms with van der Waals surface area (Å²) in [5, 5.41) is 2.99. The number of amides is 2. The summed E-state index contributed by atoms with van der Waals surface area (Å²) in [4.78, 5) is 34.4. The summed E-state index contributed by atoms with van der Waals surface area (Å²) >= 11 is 3.01. The van der Waals surface area contributed by atoms with Gasteiger partial charge in [0, 0.05) is 18.7 Å². The Morgan fingerprint density at radius 2 is 1.43 bits per heavy atom. The molecule has 0 radical (unpaired) electrons. The number of carbonyl (C=O) groups is 2. The number of rotatable bonds is 6. The Balaban J connectivity index is 1.61. The first-order chi connectivity index (χ1) is 17.2. The number of carbonyl (C=O) groups excluding carboxylic acids is 2. The summed E-state index contributed by atoms with van der Waals surface area (Å²) in [6, 6.07) is 26.7. The quantitative estimate of drug-likeness (QED) is 0.253. The lowest BCUT2D eigenvalue weighted by molar-refractivity contribution is -0.128. The molecule has 0 aliphatic carbocycles. The molecule has 2 heterocycles. The van der Waals surface area contributed by atoms with Crippen molar-refractivity contribution in [1.29, 1.82) is 0 Å². The van der Waals surface area contributed by atoms with Crippen molar-refractivity contribution in [2.75, 3.05) is 13.1 Å². The van der Waals surface area contributed by atoms with Crippen LogP contribution in [0.2, 0.25) is 0 Å². The number of hydrogen-bond donors (Lipinski definition) is 1. The average molecular weight is 500 g/mol. The molecule has 1 aliphatic heterocycles. The lowest BCUT2D eigenvalue weighted by atomic mass is 10.1. The number of thiazole rings is 1. The second-order valence-corrected chi connectivity index (χ2v) is 10.6. The SMILES string of the molecule is O=C(NC(C(=O)N1CCCCC1)=C(Sc1nc2ccccc2s1)c1ccccc1)c1ccccc1. The molecule has 0 spiro atoms. The van der Waals surface area contributed by atoms with E-state index in [9.17, 15) is 9.59 Å². The molecule has 0 bridgehead atoms. The number of hydrogen-bond acceptors (Lipinski definition) is 5. The van der Waals surface area contributed by atoms with Gasteiger partial charge in [-0.2, -0.15) is 0 Å². The van der Waals surface area contributed by atoms with Gasteiger partial charge in [-0.3, -0.25) is 9.59 Å². The van der Waals surface area contributed by atoms with Crippen LogP contribution in [0.25, 0.3) is 15.1 Å². The smallest absolute Gasteiger partial charge is 0.271 e. The molecule has 1 saturated heterocycles. The minimum atomic E-state index is -0.302. The average Bonchev–Trinajstić information content (AvgIpc) is 3.34. The number of aromatic nitrogens is 1. The molecular formula is C28H25N3O2S2. The van der Waals surface area contributed by atoms with Crippen LogP contribution in [-0.2, 0) is 4.79 Å². The second-order valence-electron chi connectivity index (χ2n) is 8.29. The third-order valence-corrected chi connectivity index (χ3v) is 8.10. The number of piperidine rings is 1. The summed E-state index contributed by atoms with van der Waals surface area (Å²) in [6.07, 6.45) is 3.06. The zero-order valence-corrected chi connectivity index (χ0v) is 20.8. The van der Waals surface area contributed by atoms with Crippen LogP contribution in [0, 0.1) is 0 Å². The molecule has 0 saturated carbocycles. The first-order valence-electron chi connectivity index (χ1n) is 11.7. The number of nitrogens with zero attached hydrogens (tertiary/aromatic N) is 2. The van der Waals surface area contributed by atoms with Crippen molar-refractivity contribution in [3.63, 3.8) is 0 Å². The van der Waals surface area contributed by atoms with E-state index < -0.39 is 0 Å². The summed E-state index contributed by atoms with van der Waals surface area (Å²) in [5.74, 6) is -0.453. The Morgan fingerprint density at radius 1 is 0.800 bits per heavy atom. The topological polar surface area (TPSA) is 62.3 Å². The minimum Gasteiger partial charge on any atom is -0.337 e. The Hall–Kier alpha value is -3.42. The number of fused-ring (bicyclic) bond motifs is 1. The fraction of sp³-hybridized carbons (Fsp3) is 0.179. The summed E-state index contributed by atoms with van der Waals surface area (Å²) in [7, 11) is 0. The predicted molar refractivity (Wildman–Crippen MR) is 143 cm³/mol. The second kappa shape index (κ2) is 10.9. The van der Waals surface area contributed by atoms with Gasteiger partial charge in [-0.1, -0.05) is 72.4 Å². The fourth-order valence-corrected chi connectivity index (χ4v) is 6.26. The number of thioether (sulfide) groups is 1. The van der Waals surface area contributed by atoms with Crippen molar-refractivity contribution < 1.29 is 9.59 Å². The molecule has 176 valence electrons. The van der Waals surface area contributed by atoms with Crippen LogP contribution < -0.4 is 5.32 Å². The third kappa shape index (κ3) is 5.47. The first kappa shape index (κ1) is 23.3. The molecule has 0 atom stereocenters. The van der Waals surface area contributed by atoms with E-state index in [1.807, 2.05) is 77.7 Å². The standard InChI is InChI=1S/C28H25N3O2S2/c32-26(21-14-6-2-7-15-21)30-24(27(33)31-18-10-3-11-19-31)25(20-12-4-1-5-13-20)35-28-29-22-16-8-9-17-23(22)34-28/h1-2,4-9,12-17H,3,10-11,18-19H2,(H,30,32). The van der Waals surface area contributed by atoms with Crippen molar-refractivity contribution in [3.8, 4) is 0 Å². The van der Waals surface area contributed by atoms with Gasteiger partial charge in [0.15, 0.2) is 4.34 Å². The maximum atomic E-state index is 13.9. The highest BCUT2D eigenvalue weighted by Crippen LogP contribution is 2.40. The van der Waals surface area contributed by atoms with E-state index in [1.165, 1.54) is 11.8 Å². The van der Waals surface area contributed by atoms with Crippen molar-refractivity contribution in [2.45, 2.75) is 23.6 Å². The van der Waals surface area contributed by atoms with Gasteiger partial charge in [-0.25, -0.2) is 4.98 Å². The number of nitrogens with one attached hydrogen (secondary N) is 1. The van der Waals surface area contributed by atoms with Gasteiger partial charge in [0.25, 0.3) is 11.8 Å². The largest absolute Gasteiger partial charge is 0.337 e. The van der Waals surface area contributed by atoms with Crippen molar-refractivity contribution in [3.05, 3.63) is 102 Å². The molecule has 2 amide bonds. The zero-order valence-electron chi connectivity index (χ0n) is 19.1. The van der Waals surface area contributed by atoms with Crippen molar-refractivity contribution >= 4 is 50.0 Å². The Morgan fingerprint density at radius 3 is 2.11 bits per heavy atom. The lowest BCUT2D eigenvalue weighted by Gasteiger charge is -2.28. The summed E-state index contributed by atoms with van der Waals surface area (Å²) < 4.78 is 1.91. The van der Waals surface area contributed by atoms with Crippen LogP contribution >= 0.6 is 23.1 Å². The maximum Gasteiger partial charge on any atom is 0.271 e. The normalized spacial score (nSPS) is 14.5. The summed E-state index contributed by atoms with van der Waals surface area (Å²) in [6.45, 7) is 1.38. The third-order valence-electron chi connectivity index (χ3n) is 5.86. The van der Waals surface area contributed by atoms with Gasteiger partial charge in [-0.15, -0.1) is 11.3 Å². The Kier molecular flexibility index (Phi) is 7.25. The number of para-hydroxylation sites is 1. The van der Waals surface area contributed by atoms with Crippen molar-refractivity contribution in [2.24, 2.45) is 0 Å². The Bertz CT molecular complexity index is 1330. The molecular weight excluding hydrogens is 474 g/mol. The zero-order chi connectivity index (χ0) is 24.0. The first-order valence-corrected chi connectivity index (χ1v) is 13.3. The van der Waals surface area contributed by atoms with E-state index >= 15 is 0 Å². The van der Waals surface area contributed by atoms with Crippen LogP contribution in [-0.4, -0.2) is 34.8 Å². The predicted octanol–water partition coefficient (Wildman–Crippen LogP) is 6.20. The van der Waals surface area contributed by atoms with Crippen LogP contribution in [0.4, 0.5) is 0 Å². The molecule has 5 rings (SSSR count). The number of likely N-dealkylation sites (tertiary alicyclic amines) is 1. The molecule has 4 aromatic rings. The minimum absolute atomic E-state index is 0.151. The van der Waals surface area contributed by atoms with Gasteiger partial charge < -0.3 is 10.2 Å². The van der Waals surface area contributed by atoms with Gasteiger partial charge in [0.2, 0.25) is 0 Å². The van der Waals surface area contributed by atoms with Gasteiger partial charge in [0.1, 0.15) is 5.70 Å². The van der Waals surface area contributed by atoms with E-state index in [4.69, 9.17) is 4.98 Å². The van der Waals surface area contributed by atoms with Crippen LogP contribution in [0.15, 0.2) is 95.0 Å². The Labute approximate surface area is 212 Å². The summed E-state index contributed by atoms with van der Waals surface area (Å²) in [5.41, 5.74) is 2.60. The van der Waals surface area contributed by atoms with Crippen LogP contribution in [0.5, 0.6) is 0 Å².